The number of ether oxygens (including phenoxy) is 1. The summed E-state index contributed by atoms with van der Waals surface area (Å²) in [6, 6.07) is 4.04. The Morgan fingerprint density at radius 3 is 2.63 bits per heavy atom. The molecule has 19 heavy (non-hydrogen) atoms. The summed E-state index contributed by atoms with van der Waals surface area (Å²) in [4.78, 5) is 6.93. The molecule has 0 saturated carbocycles. The number of nitrogens with zero attached hydrogens (tertiary/aromatic N) is 2. The molecule has 2 rings (SSSR count). The number of rotatable bonds is 4. The smallest absolute Gasteiger partial charge is 0.214 e. The van der Waals surface area contributed by atoms with Gasteiger partial charge in [0.2, 0.25) is 5.88 Å². The standard InChI is InChI=1S/C15H23ClN2O/c1-11(2)14-8-12(10-16)9-15(17-14)19-13-4-6-18(3)7-5-13/h8-9,11,13H,4-7,10H2,1-3H3. The summed E-state index contributed by atoms with van der Waals surface area (Å²) in [5.41, 5.74) is 2.14. The molecule has 1 fully saturated rings. The van der Waals surface area contributed by atoms with E-state index in [0.29, 0.717) is 11.8 Å². The minimum absolute atomic E-state index is 0.286. The summed E-state index contributed by atoms with van der Waals surface area (Å²) in [6.07, 6.45) is 2.43. The first-order chi connectivity index (χ1) is 9.08. The second-order valence-corrected chi connectivity index (χ2v) is 5.91. The average molecular weight is 283 g/mol. The van der Waals surface area contributed by atoms with Gasteiger partial charge in [-0.25, -0.2) is 4.98 Å². The lowest BCUT2D eigenvalue weighted by molar-refractivity contribution is 0.109. The van der Waals surface area contributed by atoms with Crippen LogP contribution in [0.2, 0.25) is 0 Å². The molecule has 0 N–H and O–H groups in total. The van der Waals surface area contributed by atoms with E-state index < -0.39 is 0 Å². The second-order valence-electron chi connectivity index (χ2n) is 5.65. The molecular weight excluding hydrogens is 260 g/mol. The van der Waals surface area contributed by atoms with Crippen LogP contribution in [0, 0.1) is 0 Å². The highest BCUT2D eigenvalue weighted by Gasteiger charge is 2.19. The maximum Gasteiger partial charge on any atom is 0.214 e. The highest BCUT2D eigenvalue weighted by Crippen LogP contribution is 2.23. The Kier molecular flexibility index (Phi) is 5.06. The third-order valence-electron chi connectivity index (χ3n) is 3.58. The fourth-order valence-corrected chi connectivity index (χ4v) is 2.44. The highest BCUT2D eigenvalue weighted by molar-refractivity contribution is 6.17. The van der Waals surface area contributed by atoms with E-state index in [2.05, 4.69) is 36.8 Å². The van der Waals surface area contributed by atoms with Gasteiger partial charge in [-0.15, -0.1) is 11.6 Å². The Labute approximate surface area is 120 Å². The molecule has 1 aliphatic rings. The molecule has 0 unspecified atom stereocenters. The number of hydrogen-bond acceptors (Lipinski definition) is 3. The van der Waals surface area contributed by atoms with E-state index >= 15 is 0 Å². The van der Waals surface area contributed by atoms with Crippen molar-refractivity contribution in [2.24, 2.45) is 0 Å². The normalized spacial score (nSPS) is 17.9. The van der Waals surface area contributed by atoms with Gasteiger partial charge in [-0.05, 0) is 37.4 Å². The van der Waals surface area contributed by atoms with Crippen molar-refractivity contribution >= 4 is 11.6 Å². The molecule has 0 bridgehead atoms. The van der Waals surface area contributed by atoms with Crippen LogP contribution in [0.3, 0.4) is 0 Å². The lowest BCUT2D eigenvalue weighted by Gasteiger charge is -2.29. The molecule has 0 amide bonds. The molecule has 4 heteroatoms. The van der Waals surface area contributed by atoms with Gasteiger partial charge in [0, 0.05) is 30.7 Å². The van der Waals surface area contributed by atoms with Crippen LogP contribution in [0.25, 0.3) is 0 Å². The SMILES string of the molecule is CC(C)c1cc(CCl)cc(OC2CCN(C)CC2)n1. The van der Waals surface area contributed by atoms with E-state index in [1.54, 1.807) is 0 Å². The topological polar surface area (TPSA) is 25.4 Å². The van der Waals surface area contributed by atoms with Crippen LogP contribution in [-0.4, -0.2) is 36.1 Å². The van der Waals surface area contributed by atoms with Gasteiger partial charge in [-0.2, -0.15) is 0 Å². The van der Waals surface area contributed by atoms with Gasteiger partial charge < -0.3 is 9.64 Å². The maximum absolute atomic E-state index is 6.04. The van der Waals surface area contributed by atoms with Gasteiger partial charge in [0.15, 0.2) is 0 Å². The first kappa shape index (κ1) is 14.6. The largest absolute Gasteiger partial charge is 0.474 e. The van der Waals surface area contributed by atoms with Crippen LogP contribution in [0.1, 0.15) is 43.9 Å². The van der Waals surface area contributed by atoms with Crippen molar-refractivity contribution in [3.05, 3.63) is 23.4 Å². The molecule has 1 aromatic heterocycles. The molecule has 106 valence electrons. The lowest BCUT2D eigenvalue weighted by atomic mass is 10.1. The van der Waals surface area contributed by atoms with E-state index in [1.165, 1.54) is 0 Å². The predicted molar refractivity (Wildman–Crippen MR) is 79.0 cm³/mol. The van der Waals surface area contributed by atoms with Crippen molar-refractivity contribution in [2.45, 2.75) is 44.6 Å². The summed E-state index contributed by atoms with van der Waals surface area (Å²) in [5.74, 6) is 1.63. The summed E-state index contributed by atoms with van der Waals surface area (Å²) >= 11 is 5.95. The fourth-order valence-electron chi connectivity index (χ4n) is 2.29. The molecule has 1 aromatic rings. The van der Waals surface area contributed by atoms with Gasteiger partial charge in [-0.1, -0.05) is 13.8 Å². The Bertz CT molecular complexity index is 415. The minimum atomic E-state index is 0.286. The summed E-state index contributed by atoms with van der Waals surface area (Å²) in [5, 5.41) is 0. The van der Waals surface area contributed by atoms with E-state index in [9.17, 15) is 0 Å². The van der Waals surface area contributed by atoms with E-state index in [0.717, 1.165) is 43.1 Å². The fraction of sp³-hybridized carbons (Fsp3) is 0.667. The van der Waals surface area contributed by atoms with Crippen LogP contribution in [0.5, 0.6) is 5.88 Å². The molecule has 0 radical (unpaired) electrons. The van der Waals surface area contributed by atoms with E-state index in [4.69, 9.17) is 16.3 Å². The monoisotopic (exact) mass is 282 g/mol. The van der Waals surface area contributed by atoms with Crippen molar-refractivity contribution in [3.63, 3.8) is 0 Å². The number of aromatic nitrogens is 1. The third-order valence-corrected chi connectivity index (χ3v) is 3.89. The number of halogens is 1. The Morgan fingerprint density at radius 2 is 2.05 bits per heavy atom. The van der Waals surface area contributed by atoms with Crippen molar-refractivity contribution in [2.75, 3.05) is 20.1 Å². The predicted octanol–water partition coefficient (Wildman–Crippen LogP) is 3.42. The summed E-state index contributed by atoms with van der Waals surface area (Å²) in [7, 11) is 2.15. The van der Waals surface area contributed by atoms with Gasteiger partial charge in [0.1, 0.15) is 6.10 Å². The molecule has 0 aliphatic carbocycles. The first-order valence-corrected chi connectivity index (χ1v) is 7.54. The average Bonchev–Trinajstić information content (AvgIpc) is 2.41. The summed E-state index contributed by atoms with van der Waals surface area (Å²) < 4.78 is 6.04. The van der Waals surface area contributed by atoms with Crippen molar-refractivity contribution in [3.8, 4) is 5.88 Å². The number of hydrogen-bond donors (Lipinski definition) is 0. The maximum atomic E-state index is 6.04. The zero-order valence-electron chi connectivity index (χ0n) is 12.0. The first-order valence-electron chi connectivity index (χ1n) is 7.00. The number of piperidine rings is 1. The van der Waals surface area contributed by atoms with E-state index in [-0.39, 0.29) is 6.10 Å². The van der Waals surface area contributed by atoms with Crippen molar-refractivity contribution in [1.29, 1.82) is 0 Å². The molecule has 1 aliphatic heterocycles. The van der Waals surface area contributed by atoms with Crippen molar-refractivity contribution in [1.82, 2.24) is 9.88 Å². The minimum Gasteiger partial charge on any atom is -0.474 e. The number of pyridine rings is 1. The Hall–Kier alpha value is -0.800. The lowest BCUT2D eigenvalue weighted by Crippen LogP contribution is -2.35. The zero-order chi connectivity index (χ0) is 13.8. The Balaban J connectivity index is 2.08. The van der Waals surface area contributed by atoms with Crippen LogP contribution in [0.4, 0.5) is 0 Å². The Morgan fingerprint density at radius 1 is 1.37 bits per heavy atom. The van der Waals surface area contributed by atoms with Gasteiger partial charge >= 0.3 is 0 Å². The van der Waals surface area contributed by atoms with Crippen molar-refractivity contribution < 1.29 is 4.74 Å². The molecular formula is C15H23ClN2O. The van der Waals surface area contributed by atoms with Gasteiger partial charge in [-0.3, -0.25) is 0 Å². The van der Waals surface area contributed by atoms with Gasteiger partial charge in [0.25, 0.3) is 0 Å². The second kappa shape index (κ2) is 6.58. The molecule has 0 spiro atoms. The third kappa shape index (κ3) is 4.08. The van der Waals surface area contributed by atoms with Gasteiger partial charge in [0.05, 0.1) is 0 Å². The van der Waals surface area contributed by atoms with Crippen LogP contribution < -0.4 is 4.74 Å². The molecule has 0 aromatic carbocycles. The van der Waals surface area contributed by atoms with Crippen LogP contribution in [0.15, 0.2) is 12.1 Å². The zero-order valence-corrected chi connectivity index (χ0v) is 12.8. The molecule has 1 saturated heterocycles. The molecule has 3 nitrogen and oxygen atoms in total. The van der Waals surface area contributed by atoms with Crippen LogP contribution >= 0.6 is 11.6 Å². The highest BCUT2D eigenvalue weighted by atomic mass is 35.5. The van der Waals surface area contributed by atoms with Crippen LogP contribution in [-0.2, 0) is 5.88 Å². The molecule has 2 heterocycles. The number of likely N-dealkylation sites (tertiary alicyclic amines) is 1. The number of alkyl halides is 1. The van der Waals surface area contributed by atoms with E-state index in [1.807, 2.05) is 6.07 Å². The molecule has 0 atom stereocenters. The quantitative estimate of drug-likeness (QED) is 0.791. The summed E-state index contributed by atoms with van der Waals surface area (Å²) in [6.45, 7) is 6.47.